The third-order valence-electron chi connectivity index (χ3n) is 4.77. The molecule has 1 aromatic heterocycles. The van der Waals surface area contributed by atoms with Crippen molar-refractivity contribution in [2.24, 2.45) is 5.92 Å². The fraction of sp³-hybridized carbons (Fsp3) is 0.429. The van der Waals surface area contributed by atoms with Crippen LogP contribution >= 0.6 is 11.3 Å². The van der Waals surface area contributed by atoms with E-state index in [1.54, 1.807) is 12.1 Å². The fourth-order valence-electron chi connectivity index (χ4n) is 3.34. The maximum atomic E-state index is 12.9. The summed E-state index contributed by atoms with van der Waals surface area (Å²) in [5.74, 6) is 0.169. The average molecular weight is 403 g/mol. The van der Waals surface area contributed by atoms with E-state index < -0.39 is 0 Å². The lowest BCUT2D eigenvalue weighted by Crippen LogP contribution is -2.29. The minimum absolute atomic E-state index is 0.0418. The predicted octanol–water partition coefficient (Wildman–Crippen LogP) is 2.86. The number of nitrogens with one attached hydrogen (secondary N) is 2. The van der Waals surface area contributed by atoms with Gasteiger partial charge in [-0.25, -0.2) is 0 Å². The summed E-state index contributed by atoms with van der Waals surface area (Å²) in [5, 5.41) is 15.2. The van der Waals surface area contributed by atoms with E-state index in [4.69, 9.17) is 9.84 Å². The molecule has 0 spiro atoms. The van der Waals surface area contributed by atoms with Gasteiger partial charge in [-0.05, 0) is 42.9 Å². The first-order chi connectivity index (χ1) is 13.6. The molecule has 6 nitrogen and oxygen atoms in total. The molecule has 0 fully saturated rings. The summed E-state index contributed by atoms with van der Waals surface area (Å²) in [5.41, 5.74) is 2.20. The molecule has 3 rings (SSSR count). The third-order valence-corrected chi connectivity index (χ3v) is 5.94. The predicted molar refractivity (Wildman–Crippen MR) is 110 cm³/mol. The van der Waals surface area contributed by atoms with Gasteiger partial charge >= 0.3 is 0 Å². The van der Waals surface area contributed by atoms with Crippen molar-refractivity contribution in [3.05, 3.63) is 51.9 Å². The number of carbonyl (C=O) groups excluding carboxylic acids is 2. The molecular formula is C21H26N2O4S. The number of aliphatic hydroxyl groups excluding tert-OH is 1. The van der Waals surface area contributed by atoms with E-state index in [1.165, 1.54) is 16.2 Å². The normalized spacial score (nSPS) is 15.7. The SMILES string of the molecule is CC1CCc2c(sc(NC(=O)c3ccccc3)c2C(=O)NCCOCCO)C1. The van der Waals surface area contributed by atoms with Gasteiger partial charge in [0.1, 0.15) is 5.00 Å². The second-order valence-corrected chi connectivity index (χ2v) is 8.07. The van der Waals surface area contributed by atoms with Gasteiger partial charge < -0.3 is 20.5 Å². The van der Waals surface area contributed by atoms with E-state index in [1.807, 2.05) is 18.2 Å². The molecule has 1 unspecified atom stereocenters. The third kappa shape index (κ3) is 4.98. The number of anilines is 1. The second-order valence-electron chi connectivity index (χ2n) is 6.97. The molecule has 0 radical (unpaired) electrons. The zero-order chi connectivity index (χ0) is 19.9. The first kappa shape index (κ1) is 20.5. The molecule has 3 N–H and O–H groups in total. The van der Waals surface area contributed by atoms with Gasteiger partial charge in [0.2, 0.25) is 0 Å². The lowest BCUT2D eigenvalue weighted by Gasteiger charge is -2.18. The van der Waals surface area contributed by atoms with Gasteiger partial charge in [-0.2, -0.15) is 0 Å². The smallest absolute Gasteiger partial charge is 0.256 e. The maximum absolute atomic E-state index is 12.9. The summed E-state index contributed by atoms with van der Waals surface area (Å²) in [4.78, 5) is 26.7. The highest BCUT2D eigenvalue weighted by Gasteiger charge is 2.28. The number of rotatable bonds is 8. The van der Waals surface area contributed by atoms with Crippen LogP contribution in [0, 0.1) is 5.92 Å². The van der Waals surface area contributed by atoms with Gasteiger partial charge in [-0.3, -0.25) is 9.59 Å². The quantitative estimate of drug-likeness (QED) is 0.593. The van der Waals surface area contributed by atoms with Crippen molar-refractivity contribution < 1.29 is 19.4 Å². The minimum atomic E-state index is -0.215. The van der Waals surface area contributed by atoms with Crippen molar-refractivity contribution in [1.82, 2.24) is 5.32 Å². The maximum Gasteiger partial charge on any atom is 0.256 e. The van der Waals surface area contributed by atoms with Crippen LogP contribution in [-0.2, 0) is 17.6 Å². The highest BCUT2D eigenvalue weighted by Crippen LogP contribution is 2.39. The summed E-state index contributed by atoms with van der Waals surface area (Å²) >= 11 is 1.51. The number of hydrogen-bond donors (Lipinski definition) is 3. The van der Waals surface area contributed by atoms with Crippen LogP contribution in [0.25, 0.3) is 0 Å². The van der Waals surface area contributed by atoms with Crippen molar-refractivity contribution in [2.75, 3.05) is 31.7 Å². The molecule has 0 saturated carbocycles. The van der Waals surface area contributed by atoms with Crippen molar-refractivity contribution in [1.29, 1.82) is 0 Å². The Kier molecular flexibility index (Phi) is 7.19. The van der Waals surface area contributed by atoms with Crippen molar-refractivity contribution in [3.8, 4) is 0 Å². The van der Waals surface area contributed by atoms with Crippen LogP contribution in [0.1, 0.15) is 44.5 Å². The van der Waals surface area contributed by atoms with Gasteiger partial charge in [-0.1, -0.05) is 25.1 Å². The summed E-state index contributed by atoms with van der Waals surface area (Å²) < 4.78 is 5.20. The molecule has 0 aliphatic heterocycles. The van der Waals surface area contributed by atoms with Crippen LogP contribution in [-0.4, -0.2) is 43.3 Å². The highest BCUT2D eigenvalue weighted by molar-refractivity contribution is 7.17. The van der Waals surface area contributed by atoms with Gasteiger partial charge in [0.05, 0.1) is 25.4 Å². The van der Waals surface area contributed by atoms with Crippen LogP contribution in [0.4, 0.5) is 5.00 Å². The van der Waals surface area contributed by atoms with E-state index in [0.29, 0.717) is 35.2 Å². The Hall–Kier alpha value is -2.22. The number of carbonyl (C=O) groups is 2. The van der Waals surface area contributed by atoms with Gasteiger partial charge in [0.25, 0.3) is 11.8 Å². The summed E-state index contributed by atoms with van der Waals surface area (Å²) in [6.07, 6.45) is 2.81. The molecule has 28 heavy (non-hydrogen) atoms. The monoisotopic (exact) mass is 402 g/mol. The zero-order valence-corrected chi connectivity index (χ0v) is 16.8. The van der Waals surface area contributed by atoms with Crippen LogP contribution < -0.4 is 10.6 Å². The van der Waals surface area contributed by atoms with Gasteiger partial charge in [0.15, 0.2) is 0 Å². The molecule has 1 aliphatic rings. The molecule has 2 aromatic rings. The Morgan fingerprint density at radius 3 is 2.75 bits per heavy atom. The number of hydrogen-bond acceptors (Lipinski definition) is 5. The van der Waals surface area contributed by atoms with Crippen LogP contribution in [0.5, 0.6) is 0 Å². The lowest BCUT2D eigenvalue weighted by molar-refractivity contribution is 0.0838. The minimum Gasteiger partial charge on any atom is -0.394 e. The molecule has 0 bridgehead atoms. The largest absolute Gasteiger partial charge is 0.394 e. The fourth-order valence-corrected chi connectivity index (χ4v) is 4.74. The Balaban J connectivity index is 1.78. The highest BCUT2D eigenvalue weighted by atomic mass is 32.1. The van der Waals surface area contributed by atoms with E-state index >= 15 is 0 Å². The lowest BCUT2D eigenvalue weighted by atomic mass is 9.88. The number of aliphatic hydroxyl groups is 1. The van der Waals surface area contributed by atoms with E-state index in [-0.39, 0.29) is 25.0 Å². The van der Waals surface area contributed by atoms with Crippen LogP contribution in [0.15, 0.2) is 30.3 Å². The van der Waals surface area contributed by atoms with E-state index in [9.17, 15) is 9.59 Å². The number of ether oxygens (including phenoxy) is 1. The molecule has 7 heteroatoms. The standard InChI is InChI=1S/C21H26N2O4S/c1-14-7-8-16-17(13-14)28-21(23-19(25)15-5-3-2-4-6-15)18(16)20(26)22-9-11-27-12-10-24/h2-6,14,24H,7-13H2,1H3,(H,22,26)(H,23,25). The molecule has 150 valence electrons. The first-order valence-electron chi connectivity index (χ1n) is 9.58. The molecule has 1 aliphatic carbocycles. The second kappa shape index (κ2) is 9.82. The Labute approximate surface area is 168 Å². The number of fused-ring (bicyclic) bond motifs is 1. The van der Waals surface area contributed by atoms with Crippen molar-refractivity contribution >= 4 is 28.2 Å². The Morgan fingerprint density at radius 2 is 2.00 bits per heavy atom. The van der Waals surface area contributed by atoms with Gasteiger partial charge in [0, 0.05) is 17.0 Å². The number of benzene rings is 1. The van der Waals surface area contributed by atoms with Crippen molar-refractivity contribution in [3.63, 3.8) is 0 Å². The Bertz CT molecular complexity index is 819. The average Bonchev–Trinajstić information content (AvgIpc) is 3.05. The molecule has 1 aromatic carbocycles. The topological polar surface area (TPSA) is 87.7 Å². The first-order valence-corrected chi connectivity index (χ1v) is 10.4. The molecular weight excluding hydrogens is 376 g/mol. The van der Waals surface area contributed by atoms with Crippen molar-refractivity contribution in [2.45, 2.75) is 26.2 Å². The van der Waals surface area contributed by atoms with Crippen LogP contribution in [0.3, 0.4) is 0 Å². The Morgan fingerprint density at radius 1 is 1.21 bits per heavy atom. The molecule has 1 heterocycles. The zero-order valence-electron chi connectivity index (χ0n) is 16.0. The van der Waals surface area contributed by atoms with E-state index in [2.05, 4.69) is 17.6 Å². The molecule has 1 atom stereocenters. The van der Waals surface area contributed by atoms with Gasteiger partial charge in [-0.15, -0.1) is 11.3 Å². The summed E-state index contributed by atoms with van der Waals surface area (Å²) in [6.45, 7) is 3.11. The van der Waals surface area contributed by atoms with E-state index in [0.717, 1.165) is 24.8 Å². The van der Waals surface area contributed by atoms with Crippen LogP contribution in [0.2, 0.25) is 0 Å². The number of thiophene rings is 1. The molecule has 0 saturated heterocycles. The number of amides is 2. The summed E-state index contributed by atoms with van der Waals surface area (Å²) in [6, 6.07) is 9.00. The molecule has 2 amide bonds. The summed E-state index contributed by atoms with van der Waals surface area (Å²) in [7, 11) is 0.